The summed E-state index contributed by atoms with van der Waals surface area (Å²) in [4.78, 5) is 0. The highest BCUT2D eigenvalue weighted by atomic mass is 79.9. The molecule has 0 heterocycles. The van der Waals surface area contributed by atoms with Crippen molar-refractivity contribution in [3.63, 3.8) is 0 Å². The predicted octanol–water partition coefficient (Wildman–Crippen LogP) is 3.99. The van der Waals surface area contributed by atoms with Crippen LogP contribution in [0.2, 0.25) is 5.02 Å². The Morgan fingerprint density at radius 2 is 1.89 bits per heavy atom. The number of nitrogens with one attached hydrogen (secondary N) is 1. The minimum Gasteiger partial charge on any atom is -0.271 e. The first-order chi connectivity index (χ1) is 9.10. The zero-order chi connectivity index (χ0) is 13.8. The lowest BCUT2D eigenvalue weighted by atomic mass is 9.99. The zero-order valence-electron chi connectivity index (χ0n) is 10.0. The highest BCUT2D eigenvalue weighted by molar-refractivity contribution is 9.10. The monoisotopic (exact) mass is 342 g/mol. The van der Waals surface area contributed by atoms with Gasteiger partial charge in [0.25, 0.3) is 0 Å². The van der Waals surface area contributed by atoms with E-state index in [1.807, 2.05) is 24.3 Å². The molecule has 2 rings (SSSR count). The number of rotatable bonds is 4. The first-order valence-electron chi connectivity index (χ1n) is 5.75. The van der Waals surface area contributed by atoms with Crippen LogP contribution in [-0.4, -0.2) is 0 Å². The van der Waals surface area contributed by atoms with E-state index in [4.69, 9.17) is 17.4 Å². The molecule has 0 spiro atoms. The highest BCUT2D eigenvalue weighted by Crippen LogP contribution is 2.24. The van der Waals surface area contributed by atoms with E-state index in [1.54, 1.807) is 12.1 Å². The molecule has 2 nitrogen and oxygen atoms in total. The summed E-state index contributed by atoms with van der Waals surface area (Å²) in [5, 5.41) is 0.376. The number of hydrogen-bond donors (Lipinski definition) is 2. The molecule has 3 N–H and O–H groups in total. The van der Waals surface area contributed by atoms with Gasteiger partial charge in [-0.3, -0.25) is 11.3 Å². The lowest BCUT2D eigenvalue weighted by Gasteiger charge is -2.17. The molecule has 0 aliphatic rings. The van der Waals surface area contributed by atoms with Gasteiger partial charge < -0.3 is 0 Å². The molecule has 0 fully saturated rings. The largest absolute Gasteiger partial charge is 0.271 e. The standard InChI is InChI=1S/C14H13BrClFN2/c15-10-3-1-9(2-4-10)7-14(19-18)12-6-5-11(16)8-13(12)17/h1-6,8,14,19H,7,18H2. The SMILES string of the molecule is NNC(Cc1ccc(Br)cc1)c1ccc(Cl)cc1F. The van der Waals surface area contributed by atoms with Gasteiger partial charge in [0.1, 0.15) is 5.82 Å². The van der Waals surface area contributed by atoms with Crippen molar-refractivity contribution in [2.24, 2.45) is 5.84 Å². The smallest absolute Gasteiger partial charge is 0.129 e. The van der Waals surface area contributed by atoms with Gasteiger partial charge in [-0.05, 0) is 36.2 Å². The summed E-state index contributed by atoms with van der Waals surface area (Å²) in [6, 6.07) is 12.2. The molecule has 0 radical (unpaired) electrons. The summed E-state index contributed by atoms with van der Waals surface area (Å²) in [5.74, 6) is 5.18. The van der Waals surface area contributed by atoms with Crippen LogP contribution in [0.15, 0.2) is 46.9 Å². The van der Waals surface area contributed by atoms with Crippen molar-refractivity contribution >= 4 is 27.5 Å². The zero-order valence-corrected chi connectivity index (χ0v) is 12.4. The molecule has 1 unspecified atom stereocenters. The van der Waals surface area contributed by atoms with Crippen LogP contribution in [-0.2, 0) is 6.42 Å². The highest BCUT2D eigenvalue weighted by Gasteiger charge is 2.15. The molecule has 2 aromatic carbocycles. The lowest BCUT2D eigenvalue weighted by molar-refractivity contribution is 0.510. The Morgan fingerprint density at radius 1 is 1.21 bits per heavy atom. The maximum atomic E-state index is 13.9. The molecule has 100 valence electrons. The van der Waals surface area contributed by atoms with E-state index in [9.17, 15) is 4.39 Å². The van der Waals surface area contributed by atoms with Gasteiger partial charge in [0.15, 0.2) is 0 Å². The van der Waals surface area contributed by atoms with Gasteiger partial charge in [0.05, 0.1) is 6.04 Å². The summed E-state index contributed by atoms with van der Waals surface area (Å²) in [7, 11) is 0. The Balaban J connectivity index is 2.22. The van der Waals surface area contributed by atoms with E-state index in [0.29, 0.717) is 17.0 Å². The van der Waals surface area contributed by atoms with E-state index in [-0.39, 0.29) is 11.9 Å². The molecule has 0 aliphatic heterocycles. The van der Waals surface area contributed by atoms with Gasteiger partial charge in [-0.1, -0.05) is 45.7 Å². The second kappa shape index (κ2) is 6.48. The van der Waals surface area contributed by atoms with Crippen LogP contribution in [0.25, 0.3) is 0 Å². The third kappa shape index (κ3) is 3.76. The van der Waals surface area contributed by atoms with Crippen LogP contribution in [0.4, 0.5) is 4.39 Å². The number of nitrogens with two attached hydrogens (primary N) is 1. The fourth-order valence-corrected chi connectivity index (χ4v) is 2.32. The number of hydrogen-bond acceptors (Lipinski definition) is 2. The van der Waals surface area contributed by atoms with Crippen LogP contribution in [0.5, 0.6) is 0 Å². The second-order valence-corrected chi connectivity index (χ2v) is 5.57. The van der Waals surface area contributed by atoms with Crippen molar-refractivity contribution in [3.05, 3.63) is 68.9 Å². The third-order valence-corrected chi connectivity index (χ3v) is 3.66. The number of halogens is 3. The van der Waals surface area contributed by atoms with Crippen LogP contribution >= 0.6 is 27.5 Å². The molecule has 0 amide bonds. The molecule has 0 saturated heterocycles. The normalized spacial score (nSPS) is 12.4. The van der Waals surface area contributed by atoms with Crippen molar-refractivity contribution in [1.29, 1.82) is 0 Å². The Morgan fingerprint density at radius 3 is 2.47 bits per heavy atom. The van der Waals surface area contributed by atoms with E-state index >= 15 is 0 Å². The molecular formula is C14H13BrClFN2. The summed E-state index contributed by atoms with van der Waals surface area (Å²) in [6.07, 6.45) is 0.600. The summed E-state index contributed by atoms with van der Waals surface area (Å²) >= 11 is 9.12. The number of benzene rings is 2. The van der Waals surface area contributed by atoms with Crippen molar-refractivity contribution in [3.8, 4) is 0 Å². The van der Waals surface area contributed by atoms with E-state index in [2.05, 4.69) is 21.4 Å². The van der Waals surface area contributed by atoms with Crippen molar-refractivity contribution in [2.45, 2.75) is 12.5 Å². The van der Waals surface area contributed by atoms with Crippen LogP contribution in [0, 0.1) is 5.82 Å². The number of hydrazine groups is 1. The van der Waals surface area contributed by atoms with Crippen molar-refractivity contribution in [2.75, 3.05) is 0 Å². The van der Waals surface area contributed by atoms with Crippen LogP contribution in [0.1, 0.15) is 17.2 Å². The summed E-state index contributed by atoms with van der Waals surface area (Å²) in [6.45, 7) is 0. The molecule has 0 aromatic heterocycles. The molecule has 0 aliphatic carbocycles. The lowest BCUT2D eigenvalue weighted by Crippen LogP contribution is -2.30. The molecule has 5 heteroatoms. The molecule has 0 saturated carbocycles. The van der Waals surface area contributed by atoms with Gasteiger partial charge in [0.2, 0.25) is 0 Å². The quantitative estimate of drug-likeness (QED) is 0.651. The van der Waals surface area contributed by atoms with Gasteiger partial charge >= 0.3 is 0 Å². The molecule has 1 atom stereocenters. The van der Waals surface area contributed by atoms with Gasteiger partial charge in [-0.15, -0.1) is 0 Å². The second-order valence-electron chi connectivity index (χ2n) is 4.22. The average molecular weight is 344 g/mol. The van der Waals surface area contributed by atoms with Gasteiger partial charge in [0, 0.05) is 15.1 Å². The van der Waals surface area contributed by atoms with E-state index < -0.39 is 0 Å². The fraction of sp³-hybridized carbons (Fsp3) is 0.143. The topological polar surface area (TPSA) is 38.0 Å². The van der Waals surface area contributed by atoms with Gasteiger partial charge in [-0.25, -0.2) is 4.39 Å². The van der Waals surface area contributed by atoms with Crippen LogP contribution in [0.3, 0.4) is 0 Å². The first-order valence-corrected chi connectivity index (χ1v) is 6.93. The molecule has 0 bridgehead atoms. The summed E-state index contributed by atoms with van der Waals surface area (Å²) < 4.78 is 14.9. The van der Waals surface area contributed by atoms with E-state index in [0.717, 1.165) is 10.0 Å². The fourth-order valence-electron chi connectivity index (χ4n) is 1.90. The van der Waals surface area contributed by atoms with E-state index in [1.165, 1.54) is 6.07 Å². The van der Waals surface area contributed by atoms with Crippen molar-refractivity contribution < 1.29 is 4.39 Å². The van der Waals surface area contributed by atoms with Crippen molar-refractivity contribution in [1.82, 2.24) is 5.43 Å². The molecule has 2 aromatic rings. The average Bonchev–Trinajstić information content (AvgIpc) is 2.39. The molecule has 19 heavy (non-hydrogen) atoms. The Bertz CT molecular complexity index is 560. The Hall–Kier alpha value is -0.940. The molecular weight excluding hydrogens is 331 g/mol. The minimum atomic E-state index is -0.354. The maximum Gasteiger partial charge on any atom is 0.129 e. The maximum absolute atomic E-state index is 13.9. The Kier molecular flexibility index (Phi) is 4.93. The van der Waals surface area contributed by atoms with Crippen LogP contribution < -0.4 is 11.3 Å². The third-order valence-electron chi connectivity index (χ3n) is 2.89. The van der Waals surface area contributed by atoms with Gasteiger partial charge in [-0.2, -0.15) is 0 Å². The summed E-state index contributed by atoms with van der Waals surface area (Å²) in [5.41, 5.74) is 4.23. The predicted molar refractivity (Wildman–Crippen MR) is 79.3 cm³/mol. The Labute approximate surface area is 124 Å². The first kappa shape index (κ1) is 14.5. The minimum absolute atomic E-state index is 0.293.